The first-order valence-corrected chi connectivity index (χ1v) is 12.1. The number of hydrogen-bond acceptors (Lipinski definition) is 3. The van der Waals surface area contributed by atoms with Crippen molar-refractivity contribution < 1.29 is 14.6 Å². The summed E-state index contributed by atoms with van der Waals surface area (Å²) in [6.45, 7) is 20.3. The van der Waals surface area contributed by atoms with Crippen LogP contribution in [0.5, 0.6) is 11.5 Å². The number of phenolic OH excluding ortho intramolecular Hbond substituents is 1. The summed E-state index contributed by atoms with van der Waals surface area (Å²) in [6, 6.07) is 11.7. The molecule has 0 fully saturated rings. The maximum atomic E-state index is 12.7. The van der Waals surface area contributed by atoms with E-state index in [1.807, 2.05) is 44.2 Å². The molecule has 0 saturated heterocycles. The second-order valence-electron chi connectivity index (χ2n) is 10.6. The van der Waals surface area contributed by atoms with Crippen LogP contribution < -0.4 is 10.1 Å². The number of ether oxygens (including phenoxy) is 1. The van der Waals surface area contributed by atoms with E-state index in [0.29, 0.717) is 24.5 Å². The van der Waals surface area contributed by atoms with E-state index >= 15 is 0 Å². The summed E-state index contributed by atoms with van der Waals surface area (Å²) in [7, 11) is 0. The molecule has 34 heavy (non-hydrogen) atoms. The summed E-state index contributed by atoms with van der Waals surface area (Å²) >= 11 is 0. The van der Waals surface area contributed by atoms with Crippen LogP contribution in [0.3, 0.4) is 0 Å². The van der Waals surface area contributed by atoms with E-state index in [2.05, 4.69) is 52.2 Å². The van der Waals surface area contributed by atoms with E-state index in [-0.39, 0.29) is 16.7 Å². The molecule has 0 spiro atoms. The van der Waals surface area contributed by atoms with Gasteiger partial charge in [-0.25, -0.2) is 4.79 Å². The van der Waals surface area contributed by atoms with Gasteiger partial charge >= 0.3 is 6.09 Å². The number of amides is 1. The highest BCUT2D eigenvalue weighted by atomic mass is 16.6. The smallest absolute Gasteiger partial charge is 0.413 e. The fraction of sp³-hybridized carbons (Fsp3) is 0.433. The van der Waals surface area contributed by atoms with Crippen LogP contribution in [0.1, 0.15) is 76.6 Å². The van der Waals surface area contributed by atoms with Gasteiger partial charge in [-0.1, -0.05) is 64.1 Å². The number of aromatic hydroxyl groups is 1. The van der Waals surface area contributed by atoms with Crippen LogP contribution in [0, 0.1) is 5.92 Å². The maximum absolute atomic E-state index is 12.7. The van der Waals surface area contributed by atoms with Crippen LogP contribution >= 0.6 is 0 Å². The van der Waals surface area contributed by atoms with Crippen molar-refractivity contribution in [3.05, 3.63) is 84.0 Å². The number of carbonyl (C=O) groups excluding carboxylic acids is 1. The van der Waals surface area contributed by atoms with Gasteiger partial charge in [-0.3, -0.25) is 0 Å². The number of carbonyl (C=O) groups is 1. The molecule has 184 valence electrons. The number of rotatable bonds is 11. The molecule has 2 N–H and O–H groups in total. The maximum Gasteiger partial charge on any atom is 0.413 e. The molecule has 4 nitrogen and oxygen atoms in total. The SMILES string of the molecule is C=CCc1cc(C(C)(C)c2ccc(OC(=O)NC(C)(C)CCC(C)C)c(CC=C)c2)ccc1O. The third kappa shape index (κ3) is 7.24. The summed E-state index contributed by atoms with van der Waals surface area (Å²) in [4.78, 5) is 12.7. The lowest BCUT2D eigenvalue weighted by atomic mass is 9.77. The van der Waals surface area contributed by atoms with Crippen molar-refractivity contribution in [3.8, 4) is 11.5 Å². The molecule has 2 rings (SSSR count). The highest BCUT2D eigenvalue weighted by Crippen LogP contribution is 2.36. The average Bonchev–Trinajstić information content (AvgIpc) is 2.75. The van der Waals surface area contributed by atoms with Gasteiger partial charge in [0.05, 0.1) is 0 Å². The highest BCUT2D eigenvalue weighted by Gasteiger charge is 2.26. The third-order valence-corrected chi connectivity index (χ3v) is 6.30. The first kappa shape index (κ1) is 27.2. The van der Waals surface area contributed by atoms with Crippen molar-refractivity contribution >= 4 is 6.09 Å². The lowest BCUT2D eigenvalue weighted by molar-refractivity contribution is 0.185. The van der Waals surface area contributed by atoms with Gasteiger partial charge in [-0.05, 0) is 79.8 Å². The molecule has 0 bridgehead atoms. The molecular weight excluding hydrogens is 422 g/mol. The zero-order chi connectivity index (χ0) is 25.5. The van der Waals surface area contributed by atoms with Crippen LogP contribution in [0.4, 0.5) is 4.79 Å². The topological polar surface area (TPSA) is 58.6 Å². The van der Waals surface area contributed by atoms with Crippen molar-refractivity contribution in [3.63, 3.8) is 0 Å². The highest BCUT2D eigenvalue weighted by molar-refractivity contribution is 5.72. The molecular formula is C30H41NO3. The molecule has 0 atom stereocenters. The molecule has 0 aliphatic carbocycles. The van der Waals surface area contributed by atoms with Gasteiger partial charge in [0.1, 0.15) is 11.5 Å². The average molecular weight is 464 g/mol. The van der Waals surface area contributed by atoms with Gasteiger partial charge in [-0.2, -0.15) is 0 Å². The molecule has 1 amide bonds. The van der Waals surface area contributed by atoms with Gasteiger partial charge in [0.15, 0.2) is 0 Å². The standard InChI is InChI=1S/C30H41NO3/c1-9-11-22-19-24(13-15-26(22)32)30(7,8)25-14-16-27(23(20-25)12-10-2)34-28(33)31-29(5,6)18-17-21(3)4/h9-10,13-16,19-21,32H,1-2,11-12,17-18H2,3-8H3,(H,31,33). The molecule has 4 heteroatoms. The predicted octanol–water partition coefficient (Wildman–Crippen LogP) is 7.48. The summed E-state index contributed by atoms with van der Waals surface area (Å²) in [6.07, 6.45) is 6.26. The fourth-order valence-electron chi connectivity index (χ4n) is 3.96. The van der Waals surface area contributed by atoms with Crippen LogP contribution in [0.25, 0.3) is 0 Å². The zero-order valence-corrected chi connectivity index (χ0v) is 21.7. The number of phenols is 1. The Balaban J connectivity index is 2.29. The monoisotopic (exact) mass is 463 g/mol. The second-order valence-corrected chi connectivity index (χ2v) is 10.6. The summed E-state index contributed by atoms with van der Waals surface area (Å²) in [5.74, 6) is 1.39. The van der Waals surface area contributed by atoms with Crippen molar-refractivity contribution in [1.82, 2.24) is 5.32 Å². The number of benzene rings is 2. The van der Waals surface area contributed by atoms with Gasteiger partial charge in [0.2, 0.25) is 0 Å². The molecule has 2 aromatic carbocycles. The van der Waals surface area contributed by atoms with E-state index in [1.54, 1.807) is 12.1 Å². The third-order valence-electron chi connectivity index (χ3n) is 6.30. The molecule has 0 aromatic heterocycles. The normalized spacial score (nSPS) is 11.9. The Morgan fingerprint density at radius 2 is 1.56 bits per heavy atom. The van der Waals surface area contributed by atoms with Gasteiger partial charge in [0.25, 0.3) is 0 Å². The molecule has 0 heterocycles. The van der Waals surface area contributed by atoms with Gasteiger partial charge in [0, 0.05) is 11.0 Å². The predicted molar refractivity (Wildman–Crippen MR) is 142 cm³/mol. The van der Waals surface area contributed by atoms with Crippen LogP contribution in [-0.4, -0.2) is 16.7 Å². The molecule has 0 aliphatic heterocycles. The molecule has 0 saturated carbocycles. The number of nitrogens with one attached hydrogen (secondary N) is 1. The summed E-state index contributed by atoms with van der Waals surface area (Å²) in [5, 5.41) is 13.2. The van der Waals surface area contributed by atoms with Gasteiger partial charge in [-0.15, -0.1) is 13.2 Å². The van der Waals surface area contributed by atoms with Crippen molar-refractivity contribution in [2.45, 2.75) is 78.2 Å². The lowest BCUT2D eigenvalue weighted by Gasteiger charge is -2.28. The number of hydrogen-bond donors (Lipinski definition) is 2. The van der Waals surface area contributed by atoms with Crippen molar-refractivity contribution in [2.24, 2.45) is 5.92 Å². The Morgan fingerprint density at radius 3 is 2.15 bits per heavy atom. The summed E-state index contributed by atoms with van der Waals surface area (Å²) in [5.41, 5.74) is 3.27. The molecule has 0 unspecified atom stereocenters. The minimum atomic E-state index is -0.446. The Morgan fingerprint density at radius 1 is 1.00 bits per heavy atom. The fourth-order valence-corrected chi connectivity index (χ4v) is 3.96. The Bertz CT molecular complexity index is 1020. The van der Waals surface area contributed by atoms with Crippen LogP contribution in [0.15, 0.2) is 61.7 Å². The Hall–Kier alpha value is -3.01. The van der Waals surface area contributed by atoms with Gasteiger partial charge < -0.3 is 15.2 Å². The van der Waals surface area contributed by atoms with E-state index in [0.717, 1.165) is 35.1 Å². The first-order chi connectivity index (χ1) is 15.9. The van der Waals surface area contributed by atoms with Crippen LogP contribution in [-0.2, 0) is 18.3 Å². The Labute approximate surface area is 205 Å². The van der Waals surface area contributed by atoms with Crippen molar-refractivity contribution in [1.29, 1.82) is 0 Å². The first-order valence-electron chi connectivity index (χ1n) is 12.1. The number of allylic oxidation sites excluding steroid dienone is 2. The van der Waals surface area contributed by atoms with Crippen molar-refractivity contribution in [2.75, 3.05) is 0 Å². The van der Waals surface area contributed by atoms with E-state index in [4.69, 9.17) is 4.74 Å². The Kier molecular flexibility index (Phi) is 9.14. The van der Waals surface area contributed by atoms with E-state index in [1.165, 1.54) is 0 Å². The largest absolute Gasteiger partial charge is 0.508 e. The van der Waals surface area contributed by atoms with E-state index in [9.17, 15) is 9.90 Å². The van der Waals surface area contributed by atoms with Crippen LogP contribution in [0.2, 0.25) is 0 Å². The van der Waals surface area contributed by atoms with E-state index < -0.39 is 6.09 Å². The zero-order valence-electron chi connectivity index (χ0n) is 21.7. The minimum Gasteiger partial charge on any atom is -0.508 e. The second kappa shape index (κ2) is 11.4. The summed E-state index contributed by atoms with van der Waals surface area (Å²) < 4.78 is 5.74. The molecule has 2 aromatic rings. The quantitative estimate of drug-likeness (QED) is 0.340. The lowest BCUT2D eigenvalue weighted by Crippen LogP contribution is -2.45. The minimum absolute atomic E-state index is 0.276. The molecule has 0 aliphatic rings. The molecule has 0 radical (unpaired) electrons.